The number of amides is 1. The fraction of sp³-hybridized carbons (Fsp3) is 0.500. The molecular formula is C2H6NO3P. The Kier molecular flexibility index (Phi) is 3.65. The van der Waals surface area contributed by atoms with Crippen molar-refractivity contribution >= 4 is 15.1 Å². The summed E-state index contributed by atoms with van der Waals surface area (Å²) in [7, 11) is 0.652. The van der Waals surface area contributed by atoms with E-state index in [1.165, 1.54) is 7.05 Å². The Balaban J connectivity index is 3.00. The van der Waals surface area contributed by atoms with Gasteiger partial charge in [-0.2, -0.15) is 0 Å². The molecule has 0 aliphatic rings. The maximum atomic E-state index is 9.93. The lowest BCUT2D eigenvalue weighted by Gasteiger charge is -1.93. The molecule has 5 heteroatoms. The second-order valence-electron chi connectivity index (χ2n) is 0.731. The van der Waals surface area contributed by atoms with Gasteiger partial charge in [0.2, 0.25) is 9.03 Å². The first-order chi connectivity index (χ1) is 3.31. The van der Waals surface area contributed by atoms with E-state index in [0.717, 1.165) is 0 Å². The Morgan fingerprint density at radius 2 is 2.57 bits per heavy atom. The predicted octanol–water partition coefficient (Wildman–Crippen LogP) is -0.157. The molecule has 0 aliphatic carbocycles. The molecule has 0 rings (SSSR count). The standard InChI is InChI=1S/C2H6NO3P/c1-3-2(4)6-7-5/h5,7H,1H3,(H,3,4). The minimum atomic E-state index is -0.767. The van der Waals surface area contributed by atoms with Gasteiger partial charge < -0.3 is 14.7 Å². The Morgan fingerprint density at radius 1 is 2.00 bits per heavy atom. The lowest BCUT2D eigenvalue weighted by Crippen LogP contribution is -2.15. The van der Waals surface area contributed by atoms with Crippen molar-refractivity contribution in [3.63, 3.8) is 0 Å². The van der Waals surface area contributed by atoms with Crippen molar-refractivity contribution in [2.24, 2.45) is 0 Å². The van der Waals surface area contributed by atoms with E-state index in [9.17, 15) is 4.79 Å². The van der Waals surface area contributed by atoms with Gasteiger partial charge in [0.25, 0.3) is 0 Å². The first-order valence-corrected chi connectivity index (χ1v) is 2.44. The monoisotopic (exact) mass is 123 g/mol. The van der Waals surface area contributed by atoms with Crippen LogP contribution in [0.3, 0.4) is 0 Å². The summed E-state index contributed by atoms with van der Waals surface area (Å²) in [6, 6.07) is 0. The maximum Gasteiger partial charge on any atom is 0.411 e. The van der Waals surface area contributed by atoms with E-state index in [-0.39, 0.29) is 0 Å². The number of rotatable bonds is 1. The molecule has 2 N–H and O–H groups in total. The third-order valence-corrected chi connectivity index (χ3v) is 0.619. The van der Waals surface area contributed by atoms with Gasteiger partial charge in [0.15, 0.2) is 0 Å². The third kappa shape index (κ3) is 3.49. The van der Waals surface area contributed by atoms with Crippen LogP contribution in [0, 0.1) is 0 Å². The Hall–Kier alpha value is -0.340. The van der Waals surface area contributed by atoms with Crippen LogP contribution >= 0.6 is 9.03 Å². The Labute approximate surface area is 42.8 Å². The molecule has 1 amide bonds. The molecule has 4 nitrogen and oxygen atoms in total. The molecule has 1 unspecified atom stereocenters. The van der Waals surface area contributed by atoms with E-state index < -0.39 is 15.1 Å². The van der Waals surface area contributed by atoms with E-state index in [1.54, 1.807) is 0 Å². The van der Waals surface area contributed by atoms with Crippen LogP contribution < -0.4 is 5.32 Å². The molecule has 0 bridgehead atoms. The first-order valence-electron chi connectivity index (χ1n) is 1.59. The van der Waals surface area contributed by atoms with Crippen molar-refractivity contribution < 1.29 is 14.2 Å². The first kappa shape index (κ1) is 6.66. The van der Waals surface area contributed by atoms with Crippen molar-refractivity contribution in [2.45, 2.75) is 0 Å². The fourth-order valence-electron chi connectivity index (χ4n) is 0.0925. The smallest absolute Gasteiger partial charge is 0.404 e. The zero-order chi connectivity index (χ0) is 5.70. The van der Waals surface area contributed by atoms with Crippen LogP contribution in [0.2, 0.25) is 0 Å². The van der Waals surface area contributed by atoms with Crippen LogP contribution in [-0.4, -0.2) is 18.0 Å². The highest BCUT2D eigenvalue weighted by molar-refractivity contribution is 7.25. The molecule has 0 radical (unpaired) electrons. The molecule has 42 valence electrons. The SMILES string of the molecule is CNC(=O)OPO. The van der Waals surface area contributed by atoms with Crippen LogP contribution in [0.15, 0.2) is 0 Å². The van der Waals surface area contributed by atoms with Gasteiger partial charge in [-0.05, 0) is 0 Å². The highest BCUT2D eigenvalue weighted by atomic mass is 31.1. The Morgan fingerprint density at radius 3 is 2.71 bits per heavy atom. The molecule has 0 spiro atoms. The highest BCUT2D eigenvalue weighted by Gasteiger charge is 1.90. The predicted molar refractivity (Wildman–Crippen MR) is 26.1 cm³/mol. The highest BCUT2D eigenvalue weighted by Crippen LogP contribution is 2.01. The number of hydrogen-bond acceptors (Lipinski definition) is 3. The molecule has 7 heavy (non-hydrogen) atoms. The topological polar surface area (TPSA) is 58.6 Å². The molecule has 0 aliphatic heterocycles. The number of carbonyl (C=O) groups is 1. The maximum absolute atomic E-state index is 9.93. The van der Waals surface area contributed by atoms with Crippen molar-refractivity contribution in [3.05, 3.63) is 0 Å². The van der Waals surface area contributed by atoms with Crippen LogP contribution in [0.25, 0.3) is 0 Å². The molecule has 1 atom stereocenters. The van der Waals surface area contributed by atoms with E-state index in [0.29, 0.717) is 0 Å². The molecule has 0 saturated carbocycles. The van der Waals surface area contributed by atoms with E-state index in [2.05, 4.69) is 9.84 Å². The van der Waals surface area contributed by atoms with Crippen LogP contribution in [0.5, 0.6) is 0 Å². The Bertz CT molecular complexity index is 66.0. The van der Waals surface area contributed by atoms with Gasteiger partial charge in [0.05, 0.1) is 0 Å². The average molecular weight is 123 g/mol. The summed E-state index contributed by atoms with van der Waals surface area (Å²) in [4.78, 5) is 17.8. The van der Waals surface area contributed by atoms with Gasteiger partial charge in [0, 0.05) is 7.05 Å². The zero-order valence-electron chi connectivity index (χ0n) is 3.76. The summed E-state index contributed by atoms with van der Waals surface area (Å²) < 4.78 is 4.02. The number of hydrogen-bond donors (Lipinski definition) is 2. The molecule has 0 aromatic rings. The van der Waals surface area contributed by atoms with Gasteiger partial charge in [0.1, 0.15) is 0 Å². The summed E-state index contributed by atoms with van der Waals surface area (Å²) in [5.41, 5.74) is 0. The lowest BCUT2D eigenvalue weighted by molar-refractivity contribution is 0.205. The van der Waals surface area contributed by atoms with Gasteiger partial charge in [-0.1, -0.05) is 0 Å². The molecule has 0 heterocycles. The summed E-state index contributed by atoms with van der Waals surface area (Å²) >= 11 is 0. The summed E-state index contributed by atoms with van der Waals surface area (Å²) in [6.07, 6.45) is -0.610. The largest absolute Gasteiger partial charge is 0.411 e. The molecule has 0 aromatic heterocycles. The van der Waals surface area contributed by atoms with Gasteiger partial charge in [-0.15, -0.1) is 0 Å². The fourth-order valence-corrected chi connectivity index (χ4v) is 0.277. The van der Waals surface area contributed by atoms with Crippen LogP contribution in [0.1, 0.15) is 0 Å². The number of carbonyl (C=O) groups excluding carboxylic acids is 1. The molecule has 0 aromatic carbocycles. The summed E-state index contributed by atoms with van der Waals surface area (Å²) in [5, 5.41) is 2.15. The molecular weight excluding hydrogens is 117 g/mol. The molecule has 0 fully saturated rings. The summed E-state index contributed by atoms with van der Waals surface area (Å²) in [6.45, 7) is 0. The quantitative estimate of drug-likeness (QED) is 0.476. The normalized spacial score (nSPS) is 9.43. The van der Waals surface area contributed by atoms with Gasteiger partial charge in [-0.25, -0.2) is 4.79 Å². The van der Waals surface area contributed by atoms with Crippen molar-refractivity contribution in [2.75, 3.05) is 7.05 Å². The summed E-state index contributed by atoms with van der Waals surface area (Å²) in [5.74, 6) is 0. The van der Waals surface area contributed by atoms with Crippen molar-refractivity contribution in [1.82, 2.24) is 5.32 Å². The average Bonchev–Trinajstić information content (AvgIpc) is 1.68. The van der Waals surface area contributed by atoms with Crippen LogP contribution in [-0.2, 0) is 4.52 Å². The third-order valence-electron chi connectivity index (χ3n) is 0.342. The lowest BCUT2D eigenvalue weighted by atomic mass is 11.1. The van der Waals surface area contributed by atoms with E-state index >= 15 is 0 Å². The van der Waals surface area contributed by atoms with E-state index in [4.69, 9.17) is 4.89 Å². The minimum Gasteiger partial charge on any atom is -0.404 e. The van der Waals surface area contributed by atoms with E-state index in [1.807, 2.05) is 0 Å². The second kappa shape index (κ2) is 3.84. The van der Waals surface area contributed by atoms with Crippen LogP contribution in [0.4, 0.5) is 4.79 Å². The molecule has 0 saturated heterocycles. The number of nitrogens with one attached hydrogen (secondary N) is 1. The minimum absolute atomic E-state index is 0.610. The van der Waals surface area contributed by atoms with Gasteiger partial charge >= 0.3 is 6.09 Å². The van der Waals surface area contributed by atoms with Gasteiger partial charge in [-0.3, -0.25) is 0 Å². The van der Waals surface area contributed by atoms with Crippen molar-refractivity contribution in [3.8, 4) is 0 Å². The van der Waals surface area contributed by atoms with Crippen molar-refractivity contribution in [1.29, 1.82) is 0 Å². The second-order valence-corrected chi connectivity index (χ2v) is 1.12. The zero-order valence-corrected chi connectivity index (χ0v) is 4.76.